The first-order valence-corrected chi connectivity index (χ1v) is 13.3. The van der Waals surface area contributed by atoms with E-state index >= 15 is 0 Å². The van der Waals surface area contributed by atoms with Crippen LogP contribution in [0, 0.1) is 28.6 Å². The van der Waals surface area contributed by atoms with Crippen molar-refractivity contribution in [1.82, 2.24) is 0 Å². The Morgan fingerprint density at radius 1 is 1.19 bits per heavy atom. The quantitative estimate of drug-likeness (QED) is 0.316. The molecule has 2 saturated carbocycles. The lowest BCUT2D eigenvalue weighted by molar-refractivity contribution is -0.381. The maximum Gasteiger partial charge on any atom is 0.335 e. The summed E-state index contributed by atoms with van der Waals surface area (Å²) in [7, 11) is 0. The second-order valence-electron chi connectivity index (χ2n) is 11.8. The number of aliphatic hydroxyl groups excluding tert-OH is 2. The molecule has 0 aromatic rings. The van der Waals surface area contributed by atoms with Crippen LogP contribution in [0.4, 0.5) is 0 Å². The second kappa shape index (κ2) is 9.05. The third-order valence-corrected chi connectivity index (χ3v) is 10.2. The Bertz CT molecular complexity index is 928. The number of aliphatic hydroxyl groups is 2. The number of rotatable bonds is 6. The normalized spacial score (nSPS) is 49.6. The van der Waals surface area contributed by atoms with Crippen LogP contribution in [-0.4, -0.2) is 71.9 Å². The molecule has 4 saturated heterocycles. The Morgan fingerprint density at radius 3 is 2.50 bits per heavy atom. The van der Waals surface area contributed by atoms with E-state index < -0.39 is 53.2 Å². The van der Waals surface area contributed by atoms with E-state index in [1.54, 1.807) is 19.9 Å². The van der Waals surface area contributed by atoms with Gasteiger partial charge in [0.15, 0.2) is 6.29 Å². The number of carbonyl (C=O) groups is 2. The highest BCUT2D eigenvalue weighted by Gasteiger charge is 2.83. The zero-order valence-corrected chi connectivity index (χ0v) is 21.9. The molecule has 0 aromatic heterocycles. The van der Waals surface area contributed by atoms with E-state index in [2.05, 4.69) is 6.92 Å². The summed E-state index contributed by atoms with van der Waals surface area (Å²) in [6, 6.07) is 0. The molecule has 202 valence electrons. The van der Waals surface area contributed by atoms with Gasteiger partial charge >= 0.3 is 11.9 Å². The first-order chi connectivity index (χ1) is 17.0. The van der Waals surface area contributed by atoms with Crippen molar-refractivity contribution in [2.45, 2.75) is 103 Å². The number of hydrogen-bond donors (Lipinski definition) is 2. The van der Waals surface area contributed by atoms with Crippen LogP contribution in [0.25, 0.3) is 0 Å². The van der Waals surface area contributed by atoms with Crippen LogP contribution < -0.4 is 0 Å². The topological polar surface area (TPSA) is 124 Å². The van der Waals surface area contributed by atoms with Gasteiger partial charge < -0.3 is 33.9 Å². The first-order valence-electron chi connectivity index (χ1n) is 13.3. The molecular formula is C27H40O9. The third-order valence-electron chi connectivity index (χ3n) is 10.2. The molecule has 9 nitrogen and oxygen atoms in total. The van der Waals surface area contributed by atoms with Gasteiger partial charge in [-0.05, 0) is 56.8 Å². The van der Waals surface area contributed by atoms with Crippen LogP contribution in [0.5, 0.6) is 0 Å². The maximum absolute atomic E-state index is 13.0. The first kappa shape index (κ1) is 26.1. The number of hydrogen-bond acceptors (Lipinski definition) is 9. The summed E-state index contributed by atoms with van der Waals surface area (Å²) in [5.74, 6) is -1.30. The monoisotopic (exact) mass is 508 g/mol. The molecule has 9 heteroatoms. The van der Waals surface area contributed by atoms with Gasteiger partial charge in [0.05, 0.1) is 25.4 Å². The van der Waals surface area contributed by atoms with E-state index in [1.807, 2.05) is 6.92 Å². The van der Waals surface area contributed by atoms with E-state index in [9.17, 15) is 19.8 Å². The van der Waals surface area contributed by atoms with Gasteiger partial charge in [-0.2, -0.15) is 0 Å². The number of allylic oxidation sites excluding steroid dienone is 1. The number of esters is 2. The van der Waals surface area contributed by atoms with Crippen molar-refractivity contribution in [1.29, 1.82) is 0 Å². The Balaban J connectivity index is 1.59. The largest absolute Gasteiger partial charge is 0.459 e. The van der Waals surface area contributed by atoms with Crippen molar-refractivity contribution in [3.8, 4) is 0 Å². The van der Waals surface area contributed by atoms with Crippen LogP contribution >= 0.6 is 0 Å². The van der Waals surface area contributed by atoms with Gasteiger partial charge in [0.25, 0.3) is 0 Å². The van der Waals surface area contributed by atoms with Crippen molar-refractivity contribution < 1.29 is 43.5 Å². The smallest absolute Gasteiger partial charge is 0.335 e. The highest BCUT2D eigenvalue weighted by atomic mass is 16.7. The molecule has 4 heterocycles. The Kier molecular flexibility index (Phi) is 6.56. The molecule has 36 heavy (non-hydrogen) atoms. The lowest BCUT2D eigenvalue weighted by atomic mass is 9.40. The molecule has 0 radical (unpaired) electrons. The number of carbonyl (C=O) groups excluding carboxylic acids is 2. The standard InChI is InChI=1S/C27H40O9/c1-6-14(2)22(30)36-24-27-19(11-18(35-24)12-26(27)13-33-26)25(5,9-7-17-8-10-32-23(17)31)15(3)20(29)21(27)34-16(4)28/h6,15,17-21,23-24,29,31H,7-13H2,1-5H3/b14-6+/t15-,17+,18-,19-,20-,21+,23+,24-,25+,26+,27+/m1/s1. The van der Waals surface area contributed by atoms with Gasteiger partial charge in [0.2, 0.25) is 6.29 Å². The van der Waals surface area contributed by atoms with Gasteiger partial charge in [-0.1, -0.05) is 19.9 Å². The summed E-state index contributed by atoms with van der Waals surface area (Å²) >= 11 is 0. The summed E-state index contributed by atoms with van der Waals surface area (Å²) < 4.78 is 29.8. The highest BCUT2D eigenvalue weighted by molar-refractivity contribution is 5.87. The predicted octanol–water partition coefficient (Wildman–Crippen LogP) is 2.47. The minimum atomic E-state index is -1.05. The zero-order chi connectivity index (χ0) is 26.0. The van der Waals surface area contributed by atoms with Crippen LogP contribution in [0.1, 0.15) is 66.7 Å². The Morgan fingerprint density at radius 2 is 1.92 bits per heavy atom. The van der Waals surface area contributed by atoms with Crippen LogP contribution in [0.3, 0.4) is 0 Å². The van der Waals surface area contributed by atoms with E-state index in [1.165, 1.54) is 6.92 Å². The molecule has 0 unspecified atom stereocenters. The van der Waals surface area contributed by atoms with Crippen molar-refractivity contribution in [2.75, 3.05) is 13.2 Å². The number of fused-ring (bicyclic) bond motifs is 1. The second-order valence-corrected chi connectivity index (χ2v) is 11.8. The van der Waals surface area contributed by atoms with Crippen molar-refractivity contribution >= 4 is 11.9 Å². The summed E-state index contributed by atoms with van der Waals surface area (Å²) in [4.78, 5) is 25.3. The van der Waals surface area contributed by atoms with E-state index in [-0.39, 0.29) is 23.9 Å². The van der Waals surface area contributed by atoms with Gasteiger partial charge in [0, 0.05) is 24.8 Å². The van der Waals surface area contributed by atoms with Crippen molar-refractivity contribution in [3.05, 3.63) is 11.6 Å². The average molecular weight is 509 g/mol. The number of ether oxygens (including phenoxy) is 5. The van der Waals surface area contributed by atoms with E-state index in [4.69, 9.17) is 23.7 Å². The molecule has 6 fully saturated rings. The molecule has 0 aromatic carbocycles. The van der Waals surface area contributed by atoms with E-state index in [0.717, 1.165) is 19.3 Å². The molecule has 0 amide bonds. The fourth-order valence-corrected chi connectivity index (χ4v) is 7.87. The minimum Gasteiger partial charge on any atom is -0.459 e. The van der Waals surface area contributed by atoms with Crippen molar-refractivity contribution in [3.63, 3.8) is 0 Å². The van der Waals surface area contributed by atoms with Gasteiger partial charge in [-0.15, -0.1) is 0 Å². The molecule has 11 atom stereocenters. The lowest BCUT2D eigenvalue weighted by Crippen LogP contribution is -2.78. The Labute approximate surface area is 212 Å². The molecule has 2 spiro atoms. The Hall–Kier alpha value is -1.52. The minimum absolute atomic E-state index is 0.0300. The zero-order valence-electron chi connectivity index (χ0n) is 21.9. The molecule has 4 aliphatic heterocycles. The molecule has 6 rings (SSSR count). The average Bonchev–Trinajstić information content (AvgIpc) is 3.48. The molecule has 2 bridgehead atoms. The van der Waals surface area contributed by atoms with Crippen LogP contribution in [0.15, 0.2) is 11.6 Å². The molecular weight excluding hydrogens is 468 g/mol. The third kappa shape index (κ3) is 3.68. The van der Waals surface area contributed by atoms with Crippen molar-refractivity contribution in [2.24, 2.45) is 28.6 Å². The fraction of sp³-hybridized carbons (Fsp3) is 0.852. The maximum atomic E-state index is 13.0. The summed E-state index contributed by atoms with van der Waals surface area (Å²) in [6.07, 6.45) is 1.30. The number of epoxide rings is 1. The fourth-order valence-electron chi connectivity index (χ4n) is 7.87. The summed E-state index contributed by atoms with van der Waals surface area (Å²) in [5.41, 5.74) is -1.72. The molecule has 2 N–H and O–H groups in total. The van der Waals surface area contributed by atoms with Gasteiger partial charge in [-0.3, -0.25) is 4.79 Å². The SMILES string of the molecule is C/C=C(\C)C(=O)O[C@H]1O[C@@H]2C[C@@H]3[C@@](C)(CC[C@H]4CCO[C@@H]4O)[C@H](C)[C@@H](O)[C@H](OC(C)=O)[C@]13[C@@]1(CO1)C2. The highest BCUT2D eigenvalue weighted by Crippen LogP contribution is 2.73. The lowest BCUT2D eigenvalue weighted by Gasteiger charge is -2.69. The predicted molar refractivity (Wildman–Crippen MR) is 126 cm³/mol. The van der Waals surface area contributed by atoms with Gasteiger partial charge in [-0.25, -0.2) is 4.79 Å². The summed E-state index contributed by atoms with van der Waals surface area (Å²) in [5, 5.41) is 22.0. The van der Waals surface area contributed by atoms with E-state index in [0.29, 0.717) is 31.6 Å². The summed E-state index contributed by atoms with van der Waals surface area (Å²) in [6.45, 7) is 9.93. The van der Waals surface area contributed by atoms with Gasteiger partial charge in [0.1, 0.15) is 17.1 Å². The van der Waals surface area contributed by atoms with Crippen LogP contribution in [-0.2, 0) is 33.3 Å². The molecule has 6 aliphatic rings. The van der Waals surface area contributed by atoms with Crippen LogP contribution in [0.2, 0.25) is 0 Å². The molecule has 2 aliphatic carbocycles.